The lowest BCUT2D eigenvalue weighted by molar-refractivity contribution is -0.134. The summed E-state index contributed by atoms with van der Waals surface area (Å²) in [4.78, 5) is 14.3. The van der Waals surface area contributed by atoms with Crippen molar-refractivity contribution in [1.29, 1.82) is 0 Å². The molecule has 1 N–H and O–H groups in total. The number of benzene rings is 1. The van der Waals surface area contributed by atoms with Crippen LogP contribution >= 0.6 is 11.3 Å². The molecule has 1 atom stereocenters. The smallest absolute Gasteiger partial charge is 0.427 e. The van der Waals surface area contributed by atoms with Gasteiger partial charge in [-0.05, 0) is 18.6 Å². The molecule has 1 heterocycles. The predicted molar refractivity (Wildman–Crippen MR) is 80.6 cm³/mol. The molecular weight excluding hydrogens is 348 g/mol. The number of amides is 1. The minimum Gasteiger partial charge on any atom is -0.486 e. The Morgan fingerprint density at radius 2 is 2.08 bits per heavy atom. The topological polar surface area (TPSA) is 51.2 Å². The van der Waals surface area contributed by atoms with Crippen LogP contribution in [0.3, 0.4) is 0 Å². The fourth-order valence-electron chi connectivity index (χ4n) is 1.89. The first-order valence-electron chi connectivity index (χ1n) is 7.03. The molecule has 1 aromatic heterocycles. The third-order valence-electron chi connectivity index (χ3n) is 3.12. The second kappa shape index (κ2) is 7.61. The van der Waals surface area contributed by atoms with Crippen LogP contribution in [0.25, 0.3) is 0 Å². The molecule has 0 unspecified atom stereocenters. The van der Waals surface area contributed by atoms with Crippen molar-refractivity contribution in [1.82, 2.24) is 10.3 Å². The number of para-hydroxylation sites is 1. The standard InChI is InChI=1S/C15H14F4N2O2S/c1-2-9(23-11-6-4-3-5-10(11)16)7-20-14(22)12-13(15(17,18)19)24-8-21-12/h3-6,8-9H,2,7H2,1H3,(H,20,22)/t9-/m0/s1. The number of nitrogens with zero attached hydrogens (tertiary/aromatic N) is 1. The van der Waals surface area contributed by atoms with Crippen molar-refractivity contribution >= 4 is 17.2 Å². The van der Waals surface area contributed by atoms with Gasteiger partial charge >= 0.3 is 6.18 Å². The third-order valence-corrected chi connectivity index (χ3v) is 3.99. The molecule has 2 aromatic rings. The fourth-order valence-corrected chi connectivity index (χ4v) is 2.54. The minimum absolute atomic E-state index is 0.0169. The van der Waals surface area contributed by atoms with Gasteiger partial charge in [0.05, 0.1) is 12.1 Å². The second-order valence-corrected chi connectivity index (χ2v) is 5.67. The van der Waals surface area contributed by atoms with Gasteiger partial charge in [0, 0.05) is 0 Å². The van der Waals surface area contributed by atoms with Gasteiger partial charge in [-0.25, -0.2) is 9.37 Å². The van der Waals surface area contributed by atoms with E-state index in [4.69, 9.17) is 4.74 Å². The lowest BCUT2D eigenvalue weighted by Crippen LogP contribution is -2.36. The van der Waals surface area contributed by atoms with Crippen molar-refractivity contribution in [3.05, 3.63) is 46.2 Å². The van der Waals surface area contributed by atoms with Crippen LogP contribution in [0.4, 0.5) is 17.6 Å². The van der Waals surface area contributed by atoms with E-state index in [1.54, 1.807) is 13.0 Å². The summed E-state index contributed by atoms with van der Waals surface area (Å²) in [5.41, 5.74) is 0.290. The van der Waals surface area contributed by atoms with E-state index < -0.39 is 34.6 Å². The van der Waals surface area contributed by atoms with Crippen molar-refractivity contribution in [2.45, 2.75) is 25.6 Å². The van der Waals surface area contributed by atoms with Crippen molar-refractivity contribution in [3.8, 4) is 5.75 Å². The number of aromatic nitrogens is 1. The van der Waals surface area contributed by atoms with E-state index in [2.05, 4.69) is 10.3 Å². The number of carbonyl (C=O) groups excluding carboxylic acids is 1. The molecule has 0 saturated carbocycles. The molecule has 0 saturated heterocycles. The monoisotopic (exact) mass is 362 g/mol. The highest BCUT2D eigenvalue weighted by molar-refractivity contribution is 7.10. The highest BCUT2D eigenvalue weighted by Crippen LogP contribution is 2.34. The van der Waals surface area contributed by atoms with Gasteiger partial charge in [-0.15, -0.1) is 11.3 Å². The Morgan fingerprint density at radius 3 is 2.71 bits per heavy atom. The fraction of sp³-hybridized carbons (Fsp3) is 0.333. The molecule has 0 fully saturated rings. The molecule has 0 aliphatic rings. The summed E-state index contributed by atoms with van der Waals surface area (Å²) in [7, 11) is 0. The lowest BCUT2D eigenvalue weighted by atomic mass is 10.2. The molecule has 0 aliphatic carbocycles. The molecule has 0 spiro atoms. The number of ether oxygens (including phenoxy) is 1. The maximum absolute atomic E-state index is 13.5. The predicted octanol–water partition coefficient (Wildman–Crippen LogP) is 3.89. The van der Waals surface area contributed by atoms with Gasteiger partial charge in [-0.1, -0.05) is 19.1 Å². The van der Waals surface area contributed by atoms with Crippen molar-refractivity contribution in [2.24, 2.45) is 0 Å². The van der Waals surface area contributed by atoms with Crippen LogP contribution in [0.15, 0.2) is 29.8 Å². The van der Waals surface area contributed by atoms with Gasteiger partial charge in [-0.2, -0.15) is 13.2 Å². The Balaban J connectivity index is 2.00. The second-order valence-electron chi connectivity index (χ2n) is 4.82. The highest BCUT2D eigenvalue weighted by Gasteiger charge is 2.38. The average Bonchev–Trinajstić information content (AvgIpc) is 3.02. The highest BCUT2D eigenvalue weighted by atomic mass is 32.1. The van der Waals surface area contributed by atoms with Crippen LogP contribution < -0.4 is 10.1 Å². The van der Waals surface area contributed by atoms with Gasteiger partial charge in [0.1, 0.15) is 11.0 Å². The van der Waals surface area contributed by atoms with Crippen molar-refractivity contribution in [3.63, 3.8) is 0 Å². The Hall–Kier alpha value is -2.16. The Labute approximate surface area is 139 Å². The van der Waals surface area contributed by atoms with Crippen LogP contribution in [-0.2, 0) is 6.18 Å². The number of hydrogen-bond donors (Lipinski definition) is 1. The Morgan fingerprint density at radius 1 is 1.38 bits per heavy atom. The molecule has 4 nitrogen and oxygen atoms in total. The van der Waals surface area contributed by atoms with E-state index in [-0.39, 0.29) is 12.3 Å². The maximum atomic E-state index is 13.5. The van der Waals surface area contributed by atoms with E-state index in [1.165, 1.54) is 18.2 Å². The number of halogens is 4. The van der Waals surface area contributed by atoms with Gasteiger partial charge < -0.3 is 10.1 Å². The lowest BCUT2D eigenvalue weighted by Gasteiger charge is -2.18. The molecule has 1 amide bonds. The summed E-state index contributed by atoms with van der Waals surface area (Å²) in [6.07, 6.45) is -4.79. The summed E-state index contributed by atoms with van der Waals surface area (Å²) < 4.78 is 57.3. The molecule has 24 heavy (non-hydrogen) atoms. The number of hydrogen-bond acceptors (Lipinski definition) is 4. The zero-order chi connectivity index (χ0) is 17.7. The normalized spacial score (nSPS) is 12.7. The zero-order valence-corrected chi connectivity index (χ0v) is 13.4. The number of rotatable bonds is 6. The molecule has 0 radical (unpaired) electrons. The molecular formula is C15H14F4N2O2S. The first-order valence-corrected chi connectivity index (χ1v) is 7.91. The number of carbonyl (C=O) groups is 1. The molecule has 9 heteroatoms. The SMILES string of the molecule is CC[C@@H](CNC(=O)c1ncsc1C(F)(F)F)Oc1ccccc1F. The average molecular weight is 362 g/mol. The molecule has 2 rings (SSSR count). The quantitative estimate of drug-likeness (QED) is 0.794. The summed E-state index contributed by atoms with van der Waals surface area (Å²) in [5.74, 6) is -1.48. The summed E-state index contributed by atoms with van der Waals surface area (Å²) >= 11 is 0.352. The number of thiazole rings is 1. The summed E-state index contributed by atoms with van der Waals surface area (Å²) in [6.45, 7) is 1.68. The first-order chi connectivity index (χ1) is 11.3. The van der Waals surface area contributed by atoms with Gasteiger partial charge in [0.25, 0.3) is 5.91 Å². The van der Waals surface area contributed by atoms with Crippen LogP contribution in [0.5, 0.6) is 5.75 Å². The number of alkyl halides is 3. The van der Waals surface area contributed by atoms with E-state index >= 15 is 0 Å². The van der Waals surface area contributed by atoms with E-state index in [9.17, 15) is 22.4 Å². The van der Waals surface area contributed by atoms with Crippen LogP contribution in [0, 0.1) is 5.82 Å². The van der Waals surface area contributed by atoms with Crippen molar-refractivity contribution < 1.29 is 27.1 Å². The molecule has 0 bridgehead atoms. The molecule has 1 aromatic carbocycles. The summed E-state index contributed by atoms with van der Waals surface area (Å²) in [6, 6.07) is 5.76. The first kappa shape index (κ1) is 18.2. The van der Waals surface area contributed by atoms with Gasteiger partial charge in [0.2, 0.25) is 0 Å². The van der Waals surface area contributed by atoms with Crippen LogP contribution in [0.1, 0.15) is 28.7 Å². The summed E-state index contributed by atoms with van der Waals surface area (Å²) in [5, 5.41) is 2.35. The Bertz CT molecular complexity index is 703. The maximum Gasteiger partial charge on any atom is 0.427 e. The van der Waals surface area contributed by atoms with E-state index in [0.29, 0.717) is 17.8 Å². The van der Waals surface area contributed by atoms with Gasteiger partial charge in [-0.3, -0.25) is 4.79 Å². The van der Waals surface area contributed by atoms with Crippen LogP contribution in [-0.4, -0.2) is 23.5 Å². The van der Waals surface area contributed by atoms with Gasteiger partial charge in [0.15, 0.2) is 17.3 Å². The largest absolute Gasteiger partial charge is 0.486 e. The molecule has 130 valence electrons. The Kier molecular flexibility index (Phi) is 5.76. The third kappa shape index (κ3) is 4.44. The molecule has 0 aliphatic heterocycles. The van der Waals surface area contributed by atoms with Crippen LogP contribution in [0.2, 0.25) is 0 Å². The number of nitrogens with one attached hydrogen (secondary N) is 1. The van der Waals surface area contributed by atoms with Crippen molar-refractivity contribution in [2.75, 3.05) is 6.54 Å². The zero-order valence-electron chi connectivity index (χ0n) is 12.6. The van der Waals surface area contributed by atoms with E-state index in [0.717, 1.165) is 5.51 Å². The minimum atomic E-state index is -4.64. The van der Waals surface area contributed by atoms with E-state index in [1.807, 2.05) is 0 Å².